The Hall–Kier alpha value is -2.69. The lowest BCUT2D eigenvalue weighted by Gasteiger charge is -2.31. The molecule has 114 valence electrons. The predicted molar refractivity (Wildman–Crippen MR) is 85.4 cm³/mol. The Labute approximate surface area is 129 Å². The summed E-state index contributed by atoms with van der Waals surface area (Å²) >= 11 is 0. The van der Waals surface area contributed by atoms with Crippen molar-refractivity contribution >= 4 is 17.3 Å². The molecule has 0 aliphatic carbocycles. The minimum absolute atomic E-state index is 0.0821. The van der Waals surface area contributed by atoms with Crippen molar-refractivity contribution < 1.29 is 14.3 Å². The highest BCUT2D eigenvalue weighted by molar-refractivity contribution is 5.88. The van der Waals surface area contributed by atoms with Crippen LogP contribution in [-0.2, 0) is 11.3 Å². The molecule has 0 atom stereocenters. The lowest BCUT2D eigenvalue weighted by Crippen LogP contribution is -2.31. The quantitative estimate of drug-likeness (QED) is 0.946. The zero-order valence-electron chi connectivity index (χ0n) is 12.6. The molecule has 0 bridgehead atoms. The molecule has 1 aliphatic rings. The number of rotatable bonds is 3. The van der Waals surface area contributed by atoms with Crippen molar-refractivity contribution in [3.05, 3.63) is 48.0 Å². The average Bonchev–Trinajstić information content (AvgIpc) is 2.53. The number of ether oxygens (including phenoxy) is 2. The number of carbonyl (C=O) groups is 1. The van der Waals surface area contributed by atoms with E-state index in [2.05, 4.69) is 10.2 Å². The van der Waals surface area contributed by atoms with E-state index in [0.717, 1.165) is 35.0 Å². The van der Waals surface area contributed by atoms with Gasteiger partial charge in [-0.3, -0.25) is 4.79 Å². The summed E-state index contributed by atoms with van der Waals surface area (Å²) in [7, 11) is 1.65. The Morgan fingerprint density at radius 2 is 2.14 bits per heavy atom. The van der Waals surface area contributed by atoms with Gasteiger partial charge in [0.2, 0.25) is 5.91 Å². The zero-order valence-corrected chi connectivity index (χ0v) is 12.6. The van der Waals surface area contributed by atoms with Crippen molar-refractivity contribution in [2.45, 2.75) is 13.5 Å². The number of hydrogen-bond acceptors (Lipinski definition) is 4. The summed E-state index contributed by atoms with van der Waals surface area (Å²) in [6, 6.07) is 13.6. The fourth-order valence-corrected chi connectivity index (χ4v) is 2.50. The fraction of sp³-hybridized carbons (Fsp3) is 0.235. The highest BCUT2D eigenvalue weighted by Gasteiger charge is 2.18. The van der Waals surface area contributed by atoms with E-state index in [1.807, 2.05) is 42.5 Å². The van der Waals surface area contributed by atoms with Gasteiger partial charge in [0, 0.05) is 36.5 Å². The highest BCUT2D eigenvalue weighted by atomic mass is 16.5. The molecule has 0 saturated heterocycles. The van der Waals surface area contributed by atoms with Crippen LogP contribution in [0.2, 0.25) is 0 Å². The van der Waals surface area contributed by atoms with Gasteiger partial charge in [-0.1, -0.05) is 6.07 Å². The molecule has 0 radical (unpaired) electrons. The number of methoxy groups -OCH3 is 1. The molecule has 0 aromatic heterocycles. The highest BCUT2D eigenvalue weighted by Crippen LogP contribution is 2.31. The van der Waals surface area contributed by atoms with Crippen LogP contribution >= 0.6 is 0 Å². The van der Waals surface area contributed by atoms with Gasteiger partial charge in [-0.05, 0) is 30.3 Å². The van der Waals surface area contributed by atoms with Gasteiger partial charge in [0.1, 0.15) is 11.5 Å². The molecule has 1 heterocycles. The third-order valence-corrected chi connectivity index (χ3v) is 3.54. The number of hydrogen-bond donors (Lipinski definition) is 1. The van der Waals surface area contributed by atoms with E-state index in [9.17, 15) is 4.79 Å². The van der Waals surface area contributed by atoms with Crippen LogP contribution in [0.3, 0.4) is 0 Å². The second-order valence-electron chi connectivity index (χ2n) is 5.18. The maximum atomic E-state index is 11.2. The Morgan fingerprint density at radius 3 is 2.91 bits per heavy atom. The van der Waals surface area contributed by atoms with Crippen molar-refractivity contribution in [3.63, 3.8) is 0 Å². The van der Waals surface area contributed by atoms with E-state index in [0.29, 0.717) is 6.73 Å². The van der Waals surface area contributed by atoms with E-state index in [-0.39, 0.29) is 5.91 Å². The van der Waals surface area contributed by atoms with Crippen molar-refractivity contribution in [3.8, 4) is 11.5 Å². The fourth-order valence-electron chi connectivity index (χ4n) is 2.50. The van der Waals surface area contributed by atoms with Crippen LogP contribution in [-0.4, -0.2) is 19.7 Å². The van der Waals surface area contributed by atoms with Gasteiger partial charge in [0.25, 0.3) is 0 Å². The maximum Gasteiger partial charge on any atom is 0.221 e. The van der Waals surface area contributed by atoms with Gasteiger partial charge >= 0.3 is 0 Å². The molecule has 22 heavy (non-hydrogen) atoms. The van der Waals surface area contributed by atoms with Gasteiger partial charge in [0.15, 0.2) is 6.73 Å². The molecule has 1 aliphatic heterocycles. The predicted octanol–water partition coefficient (Wildman–Crippen LogP) is 3.01. The van der Waals surface area contributed by atoms with E-state index < -0.39 is 0 Å². The number of amides is 1. The van der Waals surface area contributed by atoms with Crippen LogP contribution in [0.5, 0.6) is 11.5 Å². The molecule has 0 fully saturated rings. The van der Waals surface area contributed by atoms with Gasteiger partial charge in [-0.2, -0.15) is 0 Å². The van der Waals surface area contributed by atoms with Crippen molar-refractivity contribution in [2.75, 3.05) is 24.1 Å². The van der Waals surface area contributed by atoms with Gasteiger partial charge in [-0.25, -0.2) is 0 Å². The van der Waals surface area contributed by atoms with E-state index in [4.69, 9.17) is 9.47 Å². The third-order valence-electron chi connectivity index (χ3n) is 3.54. The summed E-state index contributed by atoms with van der Waals surface area (Å²) in [5.74, 6) is 1.59. The van der Waals surface area contributed by atoms with Crippen molar-refractivity contribution in [2.24, 2.45) is 0 Å². The molecule has 3 rings (SSSR count). The first-order chi connectivity index (χ1) is 10.7. The Morgan fingerprint density at radius 1 is 1.27 bits per heavy atom. The number of nitrogens with zero attached hydrogens (tertiary/aromatic N) is 1. The first kappa shape index (κ1) is 14.3. The normalized spacial score (nSPS) is 13.1. The molecule has 2 aromatic rings. The Kier molecular flexibility index (Phi) is 3.87. The van der Waals surface area contributed by atoms with E-state index in [1.165, 1.54) is 6.92 Å². The summed E-state index contributed by atoms with van der Waals surface area (Å²) in [5, 5.41) is 2.79. The average molecular weight is 298 g/mol. The molecule has 5 nitrogen and oxygen atoms in total. The standard InChI is InChI=1S/C17H18N2O3/c1-12(20)18-14-6-7-17-13(8-14)10-19(11-22-17)15-4-3-5-16(9-15)21-2/h3-9H,10-11H2,1-2H3,(H,18,20). The topological polar surface area (TPSA) is 50.8 Å². The minimum Gasteiger partial charge on any atom is -0.497 e. The number of carbonyl (C=O) groups excluding carboxylic acids is 1. The molecular weight excluding hydrogens is 280 g/mol. The molecule has 1 N–H and O–H groups in total. The van der Waals surface area contributed by atoms with Gasteiger partial charge in [-0.15, -0.1) is 0 Å². The molecule has 0 saturated carbocycles. The second kappa shape index (κ2) is 5.97. The lowest BCUT2D eigenvalue weighted by molar-refractivity contribution is -0.114. The number of benzene rings is 2. The van der Waals surface area contributed by atoms with Gasteiger partial charge < -0.3 is 19.7 Å². The first-order valence-corrected chi connectivity index (χ1v) is 7.08. The van der Waals surface area contributed by atoms with Crippen LogP contribution in [0.4, 0.5) is 11.4 Å². The van der Waals surface area contributed by atoms with Crippen LogP contribution in [0.15, 0.2) is 42.5 Å². The Balaban J connectivity index is 1.84. The monoisotopic (exact) mass is 298 g/mol. The van der Waals surface area contributed by atoms with Crippen LogP contribution in [0, 0.1) is 0 Å². The zero-order chi connectivity index (χ0) is 15.5. The van der Waals surface area contributed by atoms with Crippen molar-refractivity contribution in [1.29, 1.82) is 0 Å². The third kappa shape index (κ3) is 2.98. The second-order valence-corrected chi connectivity index (χ2v) is 5.18. The summed E-state index contributed by atoms with van der Waals surface area (Å²) < 4.78 is 11.1. The summed E-state index contributed by atoms with van der Waals surface area (Å²) in [5.41, 5.74) is 2.86. The van der Waals surface area contributed by atoms with Gasteiger partial charge in [0.05, 0.1) is 7.11 Å². The van der Waals surface area contributed by atoms with Crippen LogP contribution < -0.4 is 19.7 Å². The van der Waals surface area contributed by atoms with E-state index >= 15 is 0 Å². The molecular formula is C17H18N2O3. The molecule has 5 heteroatoms. The summed E-state index contributed by atoms with van der Waals surface area (Å²) in [6.45, 7) is 2.70. The minimum atomic E-state index is -0.0821. The van der Waals surface area contributed by atoms with Crippen LogP contribution in [0.25, 0.3) is 0 Å². The smallest absolute Gasteiger partial charge is 0.221 e. The number of nitrogens with one attached hydrogen (secondary N) is 1. The summed E-state index contributed by atoms with van der Waals surface area (Å²) in [6.07, 6.45) is 0. The molecule has 2 aromatic carbocycles. The SMILES string of the molecule is COc1cccc(N2COc3ccc(NC(C)=O)cc3C2)c1. The molecule has 0 unspecified atom stereocenters. The molecule has 0 spiro atoms. The maximum absolute atomic E-state index is 11.2. The van der Waals surface area contributed by atoms with E-state index in [1.54, 1.807) is 7.11 Å². The largest absolute Gasteiger partial charge is 0.497 e. The number of fused-ring (bicyclic) bond motifs is 1. The summed E-state index contributed by atoms with van der Waals surface area (Å²) in [4.78, 5) is 13.3. The number of anilines is 2. The van der Waals surface area contributed by atoms with Crippen molar-refractivity contribution in [1.82, 2.24) is 0 Å². The lowest BCUT2D eigenvalue weighted by atomic mass is 10.1. The Bertz CT molecular complexity index is 700. The van der Waals surface area contributed by atoms with Crippen LogP contribution in [0.1, 0.15) is 12.5 Å². The first-order valence-electron chi connectivity index (χ1n) is 7.08. The molecule has 1 amide bonds.